The van der Waals surface area contributed by atoms with Gasteiger partial charge in [0.05, 0.1) is 17.2 Å². The van der Waals surface area contributed by atoms with Gasteiger partial charge in [-0.1, -0.05) is 12.1 Å². The average molecular weight is 335 g/mol. The van der Waals surface area contributed by atoms with Gasteiger partial charge in [0.2, 0.25) is 12.3 Å². The second kappa shape index (κ2) is 7.07. The number of para-hydroxylation sites is 2. The number of nitrogens with zero attached hydrogens (tertiary/aromatic N) is 2. The van der Waals surface area contributed by atoms with Gasteiger partial charge in [0.15, 0.2) is 0 Å². The summed E-state index contributed by atoms with van der Waals surface area (Å²) in [5.74, 6) is -0.848. The van der Waals surface area contributed by atoms with Crippen molar-refractivity contribution >= 4 is 16.9 Å². The van der Waals surface area contributed by atoms with Crippen molar-refractivity contribution in [2.24, 2.45) is 5.92 Å². The van der Waals surface area contributed by atoms with Crippen LogP contribution in [-0.2, 0) is 11.3 Å². The standard InChI is InChI=1S/C17H19F2N3O2/c18-17(19)11-5-7-12(8-6-11)21-15(23)10-22-14-4-2-1-3-13(14)20-9-16(22)24/h1-4,9,11-12,17H,5-8,10H2,(H,21,23). The second-order valence-corrected chi connectivity index (χ2v) is 6.18. The highest BCUT2D eigenvalue weighted by Crippen LogP contribution is 2.29. The van der Waals surface area contributed by atoms with E-state index in [2.05, 4.69) is 10.3 Å². The third kappa shape index (κ3) is 3.60. The molecule has 7 heteroatoms. The van der Waals surface area contributed by atoms with E-state index < -0.39 is 12.3 Å². The maximum atomic E-state index is 12.7. The van der Waals surface area contributed by atoms with Crippen LogP contribution in [0.5, 0.6) is 0 Å². The Hall–Kier alpha value is -2.31. The molecule has 1 fully saturated rings. The molecule has 128 valence electrons. The lowest BCUT2D eigenvalue weighted by Crippen LogP contribution is -2.41. The van der Waals surface area contributed by atoms with Crippen molar-refractivity contribution in [1.82, 2.24) is 14.9 Å². The first-order chi connectivity index (χ1) is 11.5. The molecule has 1 aromatic carbocycles. The van der Waals surface area contributed by atoms with Crippen molar-refractivity contribution in [3.05, 3.63) is 40.8 Å². The number of amides is 1. The van der Waals surface area contributed by atoms with E-state index in [9.17, 15) is 18.4 Å². The zero-order valence-corrected chi connectivity index (χ0v) is 13.1. The molecule has 0 atom stereocenters. The minimum atomic E-state index is -2.29. The van der Waals surface area contributed by atoms with Crippen molar-refractivity contribution < 1.29 is 13.6 Å². The van der Waals surface area contributed by atoms with Crippen molar-refractivity contribution in [1.29, 1.82) is 0 Å². The van der Waals surface area contributed by atoms with Crippen LogP contribution in [0.25, 0.3) is 11.0 Å². The molecule has 1 aliphatic rings. The molecule has 0 spiro atoms. The number of hydrogen-bond donors (Lipinski definition) is 1. The topological polar surface area (TPSA) is 64.0 Å². The van der Waals surface area contributed by atoms with Gasteiger partial charge >= 0.3 is 0 Å². The maximum Gasteiger partial charge on any atom is 0.269 e. The van der Waals surface area contributed by atoms with Crippen LogP contribution in [0.3, 0.4) is 0 Å². The molecule has 1 saturated carbocycles. The Labute approximate surface area is 137 Å². The van der Waals surface area contributed by atoms with Crippen LogP contribution in [0.4, 0.5) is 8.78 Å². The van der Waals surface area contributed by atoms with Gasteiger partial charge in [-0.15, -0.1) is 0 Å². The maximum absolute atomic E-state index is 12.7. The van der Waals surface area contributed by atoms with Gasteiger partial charge in [-0.2, -0.15) is 0 Å². The first-order valence-electron chi connectivity index (χ1n) is 8.06. The van der Waals surface area contributed by atoms with Gasteiger partial charge in [-0.3, -0.25) is 14.2 Å². The molecule has 0 radical (unpaired) electrons. The lowest BCUT2D eigenvalue weighted by Gasteiger charge is -2.28. The molecule has 2 aromatic rings. The minimum Gasteiger partial charge on any atom is -0.352 e. The molecular formula is C17H19F2N3O2. The number of hydrogen-bond acceptors (Lipinski definition) is 3. The highest BCUT2D eigenvalue weighted by atomic mass is 19.3. The fraction of sp³-hybridized carbons (Fsp3) is 0.471. The molecule has 3 rings (SSSR count). The molecule has 0 bridgehead atoms. The molecule has 1 amide bonds. The smallest absolute Gasteiger partial charge is 0.269 e. The highest BCUT2D eigenvalue weighted by molar-refractivity contribution is 5.80. The predicted octanol–water partition coefficient (Wildman–Crippen LogP) is 2.34. The molecule has 1 N–H and O–H groups in total. The van der Waals surface area contributed by atoms with Crippen molar-refractivity contribution in [2.45, 2.75) is 44.7 Å². The third-order valence-corrected chi connectivity index (χ3v) is 4.55. The lowest BCUT2D eigenvalue weighted by molar-refractivity contribution is -0.122. The van der Waals surface area contributed by atoms with E-state index in [1.165, 1.54) is 10.8 Å². The monoisotopic (exact) mass is 335 g/mol. The van der Waals surface area contributed by atoms with Crippen molar-refractivity contribution in [3.63, 3.8) is 0 Å². The van der Waals surface area contributed by atoms with E-state index in [1.807, 2.05) is 6.07 Å². The molecule has 24 heavy (non-hydrogen) atoms. The number of nitrogens with one attached hydrogen (secondary N) is 1. The Morgan fingerprint density at radius 1 is 1.25 bits per heavy atom. The Kier molecular flexibility index (Phi) is 4.87. The molecule has 0 aliphatic heterocycles. The van der Waals surface area contributed by atoms with Crippen LogP contribution in [0, 0.1) is 5.92 Å². The summed E-state index contributed by atoms with van der Waals surface area (Å²) >= 11 is 0. The minimum absolute atomic E-state index is 0.101. The van der Waals surface area contributed by atoms with Gasteiger partial charge in [-0.25, -0.2) is 13.8 Å². The molecule has 0 saturated heterocycles. The molecule has 1 aliphatic carbocycles. The number of alkyl halides is 2. The van der Waals surface area contributed by atoms with Crippen LogP contribution in [0.15, 0.2) is 35.3 Å². The summed E-state index contributed by atoms with van der Waals surface area (Å²) in [4.78, 5) is 28.3. The fourth-order valence-electron chi connectivity index (χ4n) is 3.21. The average Bonchev–Trinajstić information content (AvgIpc) is 2.58. The number of halogens is 2. The Bertz CT molecular complexity index is 783. The highest BCUT2D eigenvalue weighted by Gasteiger charge is 2.28. The lowest BCUT2D eigenvalue weighted by atomic mass is 9.86. The van der Waals surface area contributed by atoms with Gasteiger partial charge in [-0.05, 0) is 37.8 Å². The van der Waals surface area contributed by atoms with Crippen LogP contribution >= 0.6 is 0 Å². The predicted molar refractivity (Wildman–Crippen MR) is 85.9 cm³/mol. The third-order valence-electron chi connectivity index (χ3n) is 4.55. The summed E-state index contributed by atoms with van der Waals surface area (Å²) in [6, 6.07) is 7.01. The molecule has 1 aromatic heterocycles. The van der Waals surface area contributed by atoms with E-state index in [4.69, 9.17) is 0 Å². The zero-order valence-electron chi connectivity index (χ0n) is 13.1. The Balaban J connectivity index is 1.66. The normalized spacial score (nSPS) is 21.1. The summed E-state index contributed by atoms with van der Waals surface area (Å²) in [5.41, 5.74) is 0.897. The van der Waals surface area contributed by atoms with E-state index in [-0.39, 0.29) is 24.1 Å². The molecule has 5 nitrogen and oxygen atoms in total. The number of fused-ring (bicyclic) bond motifs is 1. The first-order valence-corrected chi connectivity index (χ1v) is 8.06. The number of carbonyl (C=O) groups excluding carboxylic acids is 1. The second-order valence-electron chi connectivity index (χ2n) is 6.18. The first kappa shape index (κ1) is 16.5. The number of carbonyl (C=O) groups is 1. The Morgan fingerprint density at radius 2 is 1.96 bits per heavy atom. The fourth-order valence-corrected chi connectivity index (χ4v) is 3.21. The summed E-state index contributed by atoms with van der Waals surface area (Å²) in [6.07, 6.45) is 0.841. The number of benzene rings is 1. The van der Waals surface area contributed by atoms with Crippen LogP contribution in [0.1, 0.15) is 25.7 Å². The van der Waals surface area contributed by atoms with Gasteiger partial charge in [0.25, 0.3) is 5.56 Å². The summed E-state index contributed by atoms with van der Waals surface area (Å²) in [5, 5.41) is 2.85. The van der Waals surface area contributed by atoms with E-state index in [1.54, 1.807) is 18.2 Å². The van der Waals surface area contributed by atoms with Crippen LogP contribution in [0.2, 0.25) is 0 Å². The van der Waals surface area contributed by atoms with Gasteiger partial charge in [0.1, 0.15) is 6.54 Å². The summed E-state index contributed by atoms with van der Waals surface area (Å²) < 4.78 is 26.7. The summed E-state index contributed by atoms with van der Waals surface area (Å²) in [6.45, 7) is -0.101. The van der Waals surface area contributed by atoms with Gasteiger partial charge < -0.3 is 5.32 Å². The van der Waals surface area contributed by atoms with E-state index in [0.717, 1.165) is 0 Å². The quantitative estimate of drug-likeness (QED) is 0.933. The van der Waals surface area contributed by atoms with Crippen molar-refractivity contribution in [2.75, 3.05) is 0 Å². The molecule has 1 heterocycles. The molecular weight excluding hydrogens is 316 g/mol. The molecule has 0 unspecified atom stereocenters. The van der Waals surface area contributed by atoms with Crippen LogP contribution in [-0.4, -0.2) is 27.9 Å². The van der Waals surface area contributed by atoms with Crippen LogP contribution < -0.4 is 10.9 Å². The number of aromatic nitrogens is 2. The summed E-state index contributed by atoms with van der Waals surface area (Å²) in [7, 11) is 0. The van der Waals surface area contributed by atoms with E-state index in [0.29, 0.717) is 36.7 Å². The zero-order chi connectivity index (χ0) is 17.1. The van der Waals surface area contributed by atoms with Gasteiger partial charge in [0, 0.05) is 12.0 Å². The van der Waals surface area contributed by atoms with Crippen molar-refractivity contribution in [3.8, 4) is 0 Å². The Morgan fingerprint density at radius 3 is 2.67 bits per heavy atom. The number of rotatable bonds is 4. The SMILES string of the molecule is O=C(Cn1c(=O)cnc2ccccc21)NC1CCC(C(F)F)CC1. The van der Waals surface area contributed by atoms with E-state index >= 15 is 0 Å². The largest absolute Gasteiger partial charge is 0.352 e.